The minimum atomic E-state index is -1.69. The molecule has 0 aliphatic carbocycles. The van der Waals surface area contributed by atoms with Crippen LogP contribution in [-0.4, -0.2) is 19.3 Å². The van der Waals surface area contributed by atoms with E-state index in [9.17, 15) is 5.11 Å². The van der Waals surface area contributed by atoms with Crippen LogP contribution < -0.4 is 0 Å². The van der Waals surface area contributed by atoms with Crippen molar-refractivity contribution in [3.8, 4) is 11.5 Å². The van der Waals surface area contributed by atoms with Crippen molar-refractivity contribution in [2.24, 2.45) is 5.41 Å². The number of hydrogen-bond donors (Lipinski definition) is 1. The molecule has 2 heteroatoms. The van der Waals surface area contributed by atoms with Crippen LogP contribution in [0.25, 0.3) is 0 Å². The molecule has 0 aromatic carbocycles. The Kier molecular flexibility index (Phi) is 6.17. The molecule has 0 aliphatic heterocycles. The fourth-order valence-electron chi connectivity index (χ4n) is 2.84. The number of aliphatic hydroxyl groups excluding tert-OH is 1. The Labute approximate surface area is 115 Å². The third kappa shape index (κ3) is 3.86. The summed E-state index contributed by atoms with van der Waals surface area (Å²) in [6.07, 6.45) is -0.527. The van der Waals surface area contributed by atoms with Crippen molar-refractivity contribution < 1.29 is 5.11 Å². The average Bonchev–Trinajstić information content (AvgIpc) is 2.14. The molecule has 0 amide bonds. The molecule has 0 bridgehead atoms. The van der Waals surface area contributed by atoms with Crippen molar-refractivity contribution in [3.63, 3.8) is 0 Å². The lowest BCUT2D eigenvalue weighted by Gasteiger charge is -2.38. The molecule has 1 atom stereocenters. The molecule has 0 radical (unpaired) electrons. The van der Waals surface area contributed by atoms with Crippen LogP contribution in [-0.2, 0) is 0 Å². The van der Waals surface area contributed by atoms with E-state index in [1.54, 1.807) is 0 Å². The molecular formula is C16H32OSi. The van der Waals surface area contributed by atoms with E-state index >= 15 is 0 Å². The third-order valence-electron chi connectivity index (χ3n) is 4.11. The highest BCUT2D eigenvalue weighted by molar-refractivity contribution is 6.90. The molecule has 106 valence electrons. The summed E-state index contributed by atoms with van der Waals surface area (Å²) >= 11 is 0. The predicted octanol–water partition coefficient (Wildman–Crippen LogP) is 4.61. The molecule has 0 aliphatic rings. The van der Waals surface area contributed by atoms with E-state index in [1.165, 1.54) is 0 Å². The Hall–Kier alpha value is -0.263. The van der Waals surface area contributed by atoms with Crippen molar-refractivity contribution in [1.82, 2.24) is 0 Å². The van der Waals surface area contributed by atoms with Crippen molar-refractivity contribution in [1.29, 1.82) is 0 Å². The van der Waals surface area contributed by atoms with E-state index in [1.807, 2.05) is 20.8 Å². The first-order chi connectivity index (χ1) is 7.96. The summed E-state index contributed by atoms with van der Waals surface area (Å²) in [6, 6.07) is 0. The zero-order valence-corrected chi connectivity index (χ0v) is 14.8. The fraction of sp³-hybridized carbons (Fsp3) is 0.875. The van der Waals surface area contributed by atoms with Gasteiger partial charge in [-0.05, 0) is 22.0 Å². The van der Waals surface area contributed by atoms with Crippen LogP contribution in [0.4, 0.5) is 0 Å². The lowest BCUT2D eigenvalue weighted by molar-refractivity contribution is 0.114. The Morgan fingerprint density at radius 2 is 1.17 bits per heavy atom. The molecule has 1 nitrogen and oxygen atoms in total. The van der Waals surface area contributed by atoms with E-state index < -0.39 is 14.2 Å². The Bertz CT molecular complexity index is 290. The summed E-state index contributed by atoms with van der Waals surface area (Å²) in [7, 11) is -1.69. The fourth-order valence-corrected chi connectivity index (χ4v) is 8.10. The average molecular weight is 269 g/mol. The number of rotatable bonds is 3. The van der Waals surface area contributed by atoms with Gasteiger partial charge in [-0.3, -0.25) is 0 Å². The van der Waals surface area contributed by atoms with Crippen LogP contribution >= 0.6 is 0 Å². The minimum absolute atomic E-state index is 0.155. The van der Waals surface area contributed by atoms with Crippen LogP contribution in [0.5, 0.6) is 0 Å². The van der Waals surface area contributed by atoms with Crippen LogP contribution in [0.3, 0.4) is 0 Å². The largest absolute Gasteiger partial charge is 0.380 e. The van der Waals surface area contributed by atoms with Gasteiger partial charge in [0.15, 0.2) is 0 Å². The molecule has 1 N–H and O–H groups in total. The van der Waals surface area contributed by atoms with Gasteiger partial charge in [0.25, 0.3) is 0 Å². The first-order valence-electron chi connectivity index (χ1n) is 7.17. The number of aliphatic hydroxyl groups is 1. The maximum absolute atomic E-state index is 10.1. The van der Waals surface area contributed by atoms with Gasteiger partial charge in [-0.2, -0.15) is 0 Å². The molecule has 0 fully saturated rings. The molecule has 0 aromatic heterocycles. The van der Waals surface area contributed by atoms with Gasteiger partial charge in [0.05, 0.1) is 0 Å². The normalized spacial score (nSPS) is 14.9. The Morgan fingerprint density at radius 1 is 0.833 bits per heavy atom. The lowest BCUT2D eigenvalue weighted by Crippen LogP contribution is -2.43. The van der Waals surface area contributed by atoms with Gasteiger partial charge in [-0.15, -0.1) is 5.54 Å². The topological polar surface area (TPSA) is 20.2 Å². The lowest BCUT2D eigenvalue weighted by atomic mass is 9.90. The third-order valence-corrected chi connectivity index (χ3v) is 10.4. The molecule has 0 heterocycles. The van der Waals surface area contributed by atoms with E-state index in [-0.39, 0.29) is 5.41 Å². The van der Waals surface area contributed by atoms with Gasteiger partial charge in [0.2, 0.25) is 0 Å². The highest BCUT2D eigenvalue weighted by Gasteiger charge is 2.41. The number of hydrogen-bond acceptors (Lipinski definition) is 1. The zero-order chi connectivity index (χ0) is 14.7. The highest BCUT2D eigenvalue weighted by Crippen LogP contribution is 2.40. The van der Waals surface area contributed by atoms with Crippen molar-refractivity contribution >= 4 is 8.07 Å². The maximum Gasteiger partial charge on any atom is 0.146 e. The second kappa shape index (κ2) is 6.26. The summed E-state index contributed by atoms with van der Waals surface area (Å²) in [6.45, 7) is 19.9. The Morgan fingerprint density at radius 3 is 1.39 bits per heavy atom. The second-order valence-electron chi connectivity index (χ2n) is 7.44. The van der Waals surface area contributed by atoms with Crippen LogP contribution in [0.1, 0.15) is 62.3 Å². The van der Waals surface area contributed by atoms with Gasteiger partial charge in [0, 0.05) is 0 Å². The van der Waals surface area contributed by atoms with Crippen LogP contribution in [0.15, 0.2) is 0 Å². The highest BCUT2D eigenvalue weighted by atomic mass is 28.3. The monoisotopic (exact) mass is 268 g/mol. The van der Waals surface area contributed by atoms with Gasteiger partial charge in [-0.1, -0.05) is 68.2 Å². The summed E-state index contributed by atoms with van der Waals surface area (Å²) in [5.41, 5.74) is 5.29. The molecule has 0 saturated carbocycles. The van der Waals surface area contributed by atoms with Crippen LogP contribution in [0, 0.1) is 16.9 Å². The van der Waals surface area contributed by atoms with Crippen molar-refractivity contribution in [2.75, 3.05) is 0 Å². The van der Waals surface area contributed by atoms with E-state index in [0.29, 0.717) is 16.6 Å². The summed E-state index contributed by atoms with van der Waals surface area (Å²) in [4.78, 5) is 0. The molecule has 0 unspecified atom stereocenters. The van der Waals surface area contributed by atoms with E-state index in [4.69, 9.17) is 0 Å². The van der Waals surface area contributed by atoms with Gasteiger partial charge in [-0.25, -0.2) is 0 Å². The molecule has 18 heavy (non-hydrogen) atoms. The molecule has 0 spiro atoms. The van der Waals surface area contributed by atoms with E-state index in [2.05, 4.69) is 53.0 Å². The second-order valence-corrected chi connectivity index (χ2v) is 13.0. The first kappa shape index (κ1) is 17.7. The van der Waals surface area contributed by atoms with Gasteiger partial charge < -0.3 is 5.11 Å². The van der Waals surface area contributed by atoms with Gasteiger partial charge >= 0.3 is 0 Å². The minimum Gasteiger partial charge on any atom is -0.380 e. The van der Waals surface area contributed by atoms with Crippen molar-refractivity contribution in [2.45, 2.75) is 85.0 Å². The Balaban J connectivity index is 5.46. The predicted molar refractivity (Wildman–Crippen MR) is 84.3 cm³/mol. The molecule has 0 aromatic rings. The molecular weight excluding hydrogens is 236 g/mol. The quantitative estimate of drug-likeness (QED) is 0.585. The summed E-state index contributed by atoms with van der Waals surface area (Å²) in [5, 5.41) is 10.1. The van der Waals surface area contributed by atoms with E-state index in [0.717, 1.165) is 0 Å². The standard InChI is InChI=1S/C16H32OSi/c1-12(2)18(13(3)4,14(5)6)11-10-15(17)16(7,8)9/h12-15,17H,1-9H3/t15-/m0/s1. The smallest absolute Gasteiger partial charge is 0.146 e. The first-order valence-corrected chi connectivity index (χ1v) is 9.40. The molecule has 0 rings (SSSR count). The summed E-state index contributed by atoms with van der Waals surface area (Å²) < 4.78 is 0. The van der Waals surface area contributed by atoms with Crippen LogP contribution in [0.2, 0.25) is 16.6 Å². The SMILES string of the molecule is CC(C)[Si](C#C[C@H](O)C(C)(C)C)(C(C)C)C(C)C. The maximum atomic E-state index is 10.1. The molecule has 0 saturated heterocycles. The van der Waals surface area contributed by atoms with Crippen molar-refractivity contribution in [3.05, 3.63) is 0 Å². The zero-order valence-electron chi connectivity index (χ0n) is 13.8. The van der Waals surface area contributed by atoms with Gasteiger partial charge in [0.1, 0.15) is 14.2 Å². The summed E-state index contributed by atoms with van der Waals surface area (Å²) in [5.74, 6) is 3.17.